The van der Waals surface area contributed by atoms with Crippen LogP contribution in [0.15, 0.2) is 24.3 Å². The van der Waals surface area contributed by atoms with E-state index in [1.54, 1.807) is 23.9 Å². The molecule has 0 spiro atoms. The van der Waals surface area contributed by atoms with Gasteiger partial charge in [-0.15, -0.1) is 5.10 Å². The molecule has 0 aliphatic carbocycles. The molecule has 0 amide bonds. The summed E-state index contributed by atoms with van der Waals surface area (Å²) in [6.07, 6.45) is 0.908. The maximum Gasteiger partial charge on any atom is 0.358 e. The maximum atomic E-state index is 11.3. The normalized spacial score (nSPS) is 10.9. The molecule has 0 bridgehead atoms. The lowest BCUT2D eigenvalue weighted by Gasteiger charge is -2.09. The smallest absolute Gasteiger partial charge is 0.358 e. The number of carbonyl (C=O) groups is 1. The first-order valence-electron chi connectivity index (χ1n) is 6.84. The number of carboxylic acids is 1. The van der Waals surface area contributed by atoms with Gasteiger partial charge in [0.05, 0.1) is 7.11 Å². The van der Waals surface area contributed by atoms with Crippen LogP contribution in [0.4, 0.5) is 0 Å². The zero-order valence-corrected chi connectivity index (χ0v) is 12.4. The van der Waals surface area contributed by atoms with Crippen LogP contribution in [-0.4, -0.2) is 33.2 Å². The fraction of sp³-hybridized carbons (Fsp3) is 0.400. The van der Waals surface area contributed by atoms with E-state index in [4.69, 9.17) is 4.74 Å². The van der Waals surface area contributed by atoms with Gasteiger partial charge in [0.1, 0.15) is 11.4 Å². The molecule has 0 atom stereocenters. The first-order valence-corrected chi connectivity index (χ1v) is 6.84. The minimum Gasteiger partial charge on any atom is -0.497 e. The van der Waals surface area contributed by atoms with Crippen LogP contribution < -0.4 is 4.74 Å². The third-order valence-electron chi connectivity index (χ3n) is 3.22. The number of aromatic carboxylic acids is 1. The number of aryl methyl sites for hydroxylation is 1. The molecule has 2 aromatic rings. The molecule has 6 heteroatoms. The molecule has 0 fully saturated rings. The third-order valence-corrected chi connectivity index (χ3v) is 3.22. The number of ether oxygens (including phenoxy) is 1. The molecule has 1 N–H and O–H groups in total. The highest BCUT2D eigenvalue weighted by Gasteiger charge is 2.20. The van der Waals surface area contributed by atoms with E-state index in [-0.39, 0.29) is 5.69 Å². The van der Waals surface area contributed by atoms with Gasteiger partial charge >= 0.3 is 5.97 Å². The van der Waals surface area contributed by atoms with E-state index in [2.05, 4.69) is 24.2 Å². The van der Waals surface area contributed by atoms with Crippen LogP contribution in [0, 0.1) is 5.92 Å². The Labute approximate surface area is 123 Å². The van der Waals surface area contributed by atoms with Gasteiger partial charge in [-0.25, -0.2) is 9.48 Å². The van der Waals surface area contributed by atoms with Gasteiger partial charge < -0.3 is 9.84 Å². The van der Waals surface area contributed by atoms with E-state index in [0.29, 0.717) is 18.2 Å². The second-order valence-electron chi connectivity index (χ2n) is 5.23. The summed E-state index contributed by atoms with van der Waals surface area (Å²) >= 11 is 0. The Hall–Kier alpha value is -2.37. The second-order valence-corrected chi connectivity index (χ2v) is 5.23. The number of hydrogen-bond donors (Lipinski definition) is 1. The first kappa shape index (κ1) is 15.0. The molecule has 1 aromatic carbocycles. The average Bonchev–Trinajstić information content (AvgIpc) is 2.89. The molecule has 0 saturated heterocycles. The average molecular weight is 289 g/mol. The fourth-order valence-electron chi connectivity index (χ4n) is 2.03. The minimum absolute atomic E-state index is 0.0241. The van der Waals surface area contributed by atoms with Crippen molar-refractivity contribution in [2.45, 2.75) is 26.8 Å². The molecule has 2 rings (SSSR count). The van der Waals surface area contributed by atoms with Gasteiger partial charge in [0, 0.05) is 12.1 Å². The Morgan fingerprint density at radius 1 is 1.33 bits per heavy atom. The predicted octanol–water partition coefficient (Wildman–Crippen LogP) is 2.70. The molecule has 0 radical (unpaired) electrons. The Kier molecular flexibility index (Phi) is 4.57. The molecule has 21 heavy (non-hydrogen) atoms. The van der Waals surface area contributed by atoms with Crippen molar-refractivity contribution < 1.29 is 14.6 Å². The van der Waals surface area contributed by atoms with E-state index in [9.17, 15) is 9.90 Å². The molecule has 1 aromatic heterocycles. The zero-order chi connectivity index (χ0) is 15.4. The highest BCUT2D eigenvalue weighted by atomic mass is 16.5. The number of methoxy groups -OCH3 is 1. The lowest BCUT2D eigenvalue weighted by Crippen LogP contribution is -2.07. The largest absolute Gasteiger partial charge is 0.497 e. The van der Waals surface area contributed by atoms with Crippen LogP contribution in [0.25, 0.3) is 11.3 Å². The van der Waals surface area contributed by atoms with Gasteiger partial charge in [-0.1, -0.05) is 19.1 Å². The Balaban J connectivity index is 2.41. The lowest BCUT2D eigenvalue weighted by atomic mass is 10.1. The monoisotopic (exact) mass is 289 g/mol. The summed E-state index contributed by atoms with van der Waals surface area (Å²) in [6, 6.07) is 7.22. The van der Waals surface area contributed by atoms with Gasteiger partial charge in [0.15, 0.2) is 5.69 Å². The topological polar surface area (TPSA) is 77.2 Å². The molecule has 0 aliphatic rings. The molecule has 112 valence electrons. The standard InChI is InChI=1S/C15H19N3O3/c1-10(2)8-9-18-14(13(15(19)20)16-17-18)11-4-6-12(21-3)7-5-11/h4-7,10H,8-9H2,1-3H3,(H,19,20). The number of aromatic nitrogens is 3. The van der Waals surface area contributed by atoms with E-state index in [1.165, 1.54) is 0 Å². The Morgan fingerprint density at radius 2 is 2.00 bits per heavy atom. The highest BCUT2D eigenvalue weighted by Crippen LogP contribution is 2.25. The number of nitrogens with zero attached hydrogens (tertiary/aromatic N) is 3. The van der Waals surface area contributed by atoms with E-state index >= 15 is 0 Å². The van der Waals surface area contributed by atoms with Crippen molar-refractivity contribution in [2.24, 2.45) is 5.92 Å². The van der Waals surface area contributed by atoms with Crippen LogP contribution in [-0.2, 0) is 6.54 Å². The van der Waals surface area contributed by atoms with E-state index < -0.39 is 5.97 Å². The first-order chi connectivity index (χ1) is 10.0. The number of carboxylic acid groups (broad SMARTS) is 1. The molecular weight excluding hydrogens is 270 g/mol. The van der Waals surface area contributed by atoms with Crippen LogP contribution in [0.3, 0.4) is 0 Å². The zero-order valence-electron chi connectivity index (χ0n) is 12.4. The quantitative estimate of drug-likeness (QED) is 0.884. The van der Waals surface area contributed by atoms with Crippen molar-refractivity contribution in [1.82, 2.24) is 15.0 Å². The van der Waals surface area contributed by atoms with E-state index in [1.807, 2.05) is 12.1 Å². The number of benzene rings is 1. The summed E-state index contributed by atoms with van der Waals surface area (Å²) in [4.78, 5) is 11.3. The predicted molar refractivity (Wildman–Crippen MR) is 78.4 cm³/mol. The van der Waals surface area contributed by atoms with Crippen molar-refractivity contribution in [3.8, 4) is 17.0 Å². The highest BCUT2D eigenvalue weighted by molar-refractivity contribution is 5.92. The van der Waals surface area contributed by atoms with Gasteiger partial charge in [0.2, 0.25) is 0 Å². The van der Waals surface area contributed by atoms with Crippen molar-refractivity contribution in [1.29, 1.82) is 0 Å². The van der Waals surface area contributed by atoms with Gasteiger partial charge in [0.25, 0.3) is 0 Å². The molecular formula is C15H19N3O3. The molecule has 0 unspecified atom stereocenters. The van der Waals surface area contributed by atoms with Crippen molar-refractivity contribution in [2.75, 3.05) is 7.11 Å². The van der Waals surface area contributed by atoms with Crippen molar-refractivity contribution >= 4 is 5.97 Å². The van der Waals surface area contributed by atoms with Crippen LogP contribution in [0.5, 0.6) is 5.75 Å². The van der Waals surface area contributed by atoms with Crippen LogP contribution in [0.1, 0.15) is 30.8 Å². The number of hydrogen-bond acceptors (Lipinski definition) is 4. The Morgan fingerprint density at radius 3 is 2.52 bits per heavy atom. The minimum atomic E-state index is -1.07. The second kappa shape index (κ2) is 6.39. The van der Waals surface area contributed by atoms with Crippen molar-refractivity contribution in [3.63, 3.8) is 0 Å². The SMILES string of the molecule is COc1ccc(-c2c(C(=O)O)nnn2CCC(C)C)cc1. The molecule has 0 saturated carbocycles. The fourth-order valence-corrected chi connectivity index (χ4v) is 2.03. The molecule has 1 heterocycles. The summed E-state index contributed by atoms with van der Waals surface area (Å²) in [5, 5.41) is 17.1. The van der Waals surface area contributed by atoms with Crippen LogP contribution >= 0.6 is 0 Å². The lowest BCUT2D eigenvalue weighted by molar-refractivity contribution is 0.0691. The van der Waals surface area contributed by atoms with Gasteiger partial charge in [-0.3, -0.25) is 0 Å². The summed E-state index contributed by atoms with van der Waals surface area (Å²) in [7, 11) is 1.59. The van der Waals surface area contributed by atoms with Crippen molar-refractivity contribution in [3.05, 3.63) is 30.0 Å². The molecule has 0 aliphatic heterocycles. The Bertz CT molecular complexity index is 618. The summed E-state index contributed by atoms with van der Waals surface area (Å²) in [6.45, 7) is 4.86. The maximum absolute atomic E-state index is 11.3. The molecule has 6 nitrogen and oxygen atoms in total. The van der Waals surface area contributed by atoms with E-state index in [0.717, 1.165) is 17.7 Å². The third kappa shape index (κ3) is 3.39. The van der Waals surface area contributed by atoms with Gasteiger partial charge in [-0.05, 0) is 36.6 Å². The van der Waals surface area contributed by atoms with Crippen LogP contribution in [0.2, 0.25) is 0 Å². The summed E-state index contributed by atoms with van der Waals surface area (Å²) < 4.78 is 6.78. The summed E-state index contributed by atoms with van der Waals surface area (Å²) in [5.41, 5.74) is 1.27. The van der Waals surface area contributed by atoms with Gasteiger partial charge in [-0.2, -0.15) is 0 Å². The summed E-state index contributed by atoms with van der Waals surface area (Å²) in [5.74, 6) is 0.152. The number of rotatable bonds is 6.